The molecule has 0 aliphatic heterocycles. The Bertz CT molecular complexity index is 628. The number of nitrogens with one attached hydrogen (secondary N) is 1. The van der Waals surface area contributed by atoms with Crippen molar-refractivity contribution in [3.05, 3.63) is 29.0 Å². The lowest BCUT2D eigenvalue weighted by atomic mass is 9.93. The summed E-state index contributed by atoms with van der Waals surface area (Å²) in [4.78, 5) is 17.6. The second-order valence-corrected chi connectivity index (χ2v) is 6.70. The van der Waals surface area contributed by atoms with Gasteiger partial charge in [0.2, 0.25) is 11.8 Å². The molecule has 0 radical (unpaired) electrons. The summed E-state index contributed by atoms with van der Waals surface area (Å²) in [5.74, 6) is 1.24. The molecule has 22 heavy (non-hydrogen) atoms. The van der Waals surface area contributed by atoms with E-state index in [9.17, 15) is 9.90 Å². The number of thiophene rings is 1. The average Bonchev–Trinajstić information content (AvgIpc) is 3.12. The van der Waals surface area contributed by atoms with E-state index in [2.05, 4.69) is 10.3 Å². The Morgan fingerprint density at radius 3 is 2.91 bits per heavy atom. The molecular weight excluding hydrogens is 300 g/mol. The number of aromatic nitrogens is 1. The third-order valence-electron chi connectivity index (χ3n) is 4.01. The zero-order chi connectivity index (χ0) is 15.5. The topological polar surface area (TPSA) is 75.4 Å². The molecule has 1 amide bonds. The van der Waals surface area contributed by atoms with E-state index in [-0.39, 0.29) is 24.5 Å². The number of aliphatic hydroxyl groups is 1. The minimum atomic E-state index is -0.209. The van der Waals surface area contributed by atoms with Crippen molar-refractivity contribution in [1.29, 1.82) is 0 Å². The fourth-order valence-electron chi connectivity index (χ4n) is 2.75. The number of oxazole rings is 1. The molecule has 1 saturated carbocycles. The fourth-order valence-corrected chi connectivity index (χ4v) is 3.40. The second kappa shape index (κ2) is 6.62. The van der Waals surface area contributed by atoms with E-state index in [4.69, 9.17) is 4.42 Å². The zero-order valence-corrected chi connectivity index (χ0v) is 13.4. The summed E-state index contributed by atoms with van der Waals surface area (Å²) in [6.07, 6.45) is 3.22. The summed E-state index contributed by atoms with van der Waals surface area (Å²) in [6.45, 7) is 1.84. The fraction of sp³-hybridized carbons (Fsp3) is 0.500. The molecule has 1 fully saturated rings. The lowest BCUT2D eigenvalue weighted by molar-refractivity contribution is -0.121. The van der Waals surface area contributed by atoms with E-state index in [0.29, 0.717) is 17.3 Å². The van der Waals surface area contributed by atoms with Crippen molar-refractivity contribution in [2.75, 3.05) is 0 Å². The Kier molecular flexibility index (Phi) is 4.59. The van der Waals surface area contributed by atoms with Crippen LogP contribution in [0.1, 0.15) is 37.1 Å². The first-order chi connectivity index (χ1) is 10.6. The minimum absolute atomic E-state index is 0.0319. The van der Waals surface area contributed by atoms with E-state index < -0.39 is 0 Å². The summed E-state index contributed by atoms with van der Waals surface area (Å²) in [5.41, 5.74) is 0.691. The first-order valence-corrected chi connectivity index (χ1v) is 8.47. The summed E-state index contributed by atoms with van der Waals surface area (Å²) >= 11 is 1.57. The number of rotatable bonds is 4. The number of nitrogens with zero attached hydrogens (tertiary/aromatic N) is 1. The van der Waals surface area contributed by atoms with Gasteiger partial charge in [-0.25, -0.2) is 4.98 Å². The van der Waals surface area contributed by atoms with E-state index in [1.165, 1.54) is 0 Å². The minimum Gasteiger partial charge on any atom is -0.440 e. The smallest absolute Gasteiger partial charge is 0.236 e. The van der Waals surface area contributed by atoms with Gasteiger partial charge in [0.25, 0.3) is 0 Å². The molecule has 2 N–H and O–H groups in total. The Morgan fingerprint density at radius 2 is 2.23 bits per heavy atom. The Morgan fingerprint density at radius 1 is 1.45 bits per heavy atom. The van der Waals surface area contributed by atoms with Crippen molar-refractivity contribution in [2.45, 2.75) is 51.2 Å². The average molecular weight is 320 g/mol. The van der Waals surface area contributed by atoms with Crippen LogP contribution in [0.15, 0.2) is 21.9 Å². The Labute approximate surface area is 133 Å². The Balaban J connectivity index is 1.60. The van der Waals surface area contributed by atoms with Gasteiger partial charge in [-0.3, -0.25) is 4.79 Å². The standard InChI is InChI=1S/C16H20N2O3S/c1-10-13(18-16(21-10)14-3-2-8-22-14)9-15(20)17-11-4-6-12(19)7-5-11/h2-3,8,11-12,19H,4-7,9H2,1H3,(H,17,20). The predicted molar refractivity (Wildman–Crippen MR) is 84.7 cm³/mol. The lowest BCUT2D eigenvalue weighted by Gasteiger charge is -2.26. The molecular formula is C16H20N2O3S. The van der Waals surface area contributed by atoms with Gasteiger partial charge in [-0.05, 0) is 44.1 Å². The van der Waals surface area contributed by atoms with E-state index in [1.807, 2.05) is 24.4 Å². The van der Waals surface area contributed by atoms with Crippen molar-refractivity contribution in [3.63, 3.8) is 0 Å². The molecule has 5 nitrogen and oxygen atoms in total. The molecule has 118 valence electrons. The number of aliphatic hydroxyl groups excluding tert-OH is 1. The van der Waals surface area contributed by atoms with E-state index >= 15 is 0 Å². The molecule has 0 atom stereocenters. The third kappa shape index (κ3) is 3.56. The molecule has 1 aliphatic rings. The molecule has 0 bridgehead atoms. The van der Waals surface area contributed by atoms with E-state index in [1.54, 1.807) is 11.3 Å². The largest absolute Gasteiger partial charge is 0.440 e. The number of hydrogen-bond acceptors (Lipinski definition) is 5. The maximum absolute atomic E-state index is 12.2. The molecule has 3 rings (SSSR count). The van der Waals surface area contributed by atoms with Crippen molar-refractivity contribution < 1.29 is 14.3 Å². The van der Waals surface area contributed by atoms with Crippen LogP contribution >= 0.6 is 11.3 Å². The Hall–Kier alpha value is -1.66. The van der Waals surface area contributed by atoms with Gasteiger partial charge in [-0.1, -0.05) is 6.07 Å². The van der Waals surface area contributed by atoms with Crippen LogP contribution in [0.5, 0.6) is 0 Å². The molecule has 0 spiro atoms. The highest BCUT2D eigenvalue weighted by Crippen LogP contribution is 2.26. The highest BCUT2D eigenvalue weighted by atomic mass is 32.1. The van der Waals surface area contributed by atoms with Crippen LogP contribution in [-0.2, 0) is 11.2 Å². The quantitative estimate of drug-likeness (QED) is 0.908. The lowest BCUT2D eigenvalue weighted by Crippen LogP contribution is -2.39. The van der Waals surface area contributed by atoms with Gasteiger partial charge in [0.1, 0.15) is 5.76 Å². The molecule has 1 aliphatic carbocycles. The van der Waals surface area contributed by atoms with Gasteiger partial charge in [-0.15, -0.1) is 11.3 Å². The highest BCUT2D eigenvalue weighted by Gasteiger charge is 2.22. The van der Waals surface area contributed by atoms with E-state index in [0.717, 1.165) is 30.6 Å². The van der Waals surface area contributed by atoms with Crippen molar-refractivity contribution >= 4 is 17.2 Å². The van der Waals surface area contributed by atoms with Crippen molar-refractivity contribution in [3.8, 4) is 10.8 Å². The SMILES string of the molecule is Cc1oc(-c2cccs2)nc1CC(=O)NC1CCC(O)CC1. The number of aryl methyl sites for hydroxylation is 1. The maximum Gasteiger partial charge on any atom is 0.236 e. The van der Waals surface area contributed by atoms with Gasteiger partial charge in [-0.2, -0.15) is 0 Å². The van der Waals surface area contributed by atoms with Crippen LogP contribution in [0, 0.1) is 6.92 Å². The predicted octanol–water partition coefficient (Wildman–Crippen LogP) is 2.67. The maximum atomic E-state index is 12.2. The van der Waals surface area contributed by atoms with Gasteiger partial charge < -0.3 is 14.8 Å². The van der Waals surface area contributed by atoms with Gasteiger partial charge in [0.05, 0.1) is 23.1 Å². The molecule has 2 aromatic heterocycles. The van der Waals surface area contributed by atoms with Gasteiger partial charge >= 0.3 is 0 Å². The summed E-state index contributed by atoms with van der Waals surface area (Å²) in [7, 11) is 0. The number of hydrogen-bond donors (Lipinski definition) is 2. The van der Waals surface area contributed by atoms with Crippen LogP contribution in [-0.4, -0.2) is 28.1 Å². The van der Waals surface area contributed by atoms with Crippen molar-refractivity contribution in [1.82, 2.24) is 10.3 Å². The summed E-state index contributed by atoms with van der Waals surface area (Å²) in [5, 5.41) is 14.5. The van der Waals surface area contributed by atoms with Crippen LogP contribution in [0.25, 0.3) is 10.8 Å². The highest BCUT2D eigenvalue weighted by molar-refractivity contribution is 7.13. The number of carbonyl (C=O) groups is 1. The number of carbonyl (C=O) groups excluding carboxylic acids is 1. The molecule has 2 aromatic rings. The van der Waals surface area contributed by atoms with Gasteiger partial charge in [0.15, 0.2) is 0 Å². The monoisotopic (exact) mass is 320 g/mol. The molecule has 2 heterocycles. The van der Waals surface area contributed by atoms with Crippen LogP contribution < -0.4 is 5.32 Å². The molecule has 6 heteroatoms. The first kappa shape index (κ1) is 15.2. The van der Waals surface area contributed by atoms with Crippen LogP contribution in [0.3, 0.4) is 0 Å². The molecule has 0 saturated heterocycles. The van der Waals surface area contributed by atoms with Crippen molar-refractivity contribution in [2.24, 2.45) is 0 Å². The summed E-state index contributed by atoms with van der Waals surface area (Å²) in [6, 6.07) is 4.07. The summed E-state index contributed by atoms with van der Waals surface area (Å²) < 4.78 is 5.65. The second-order valence-electron chi connectivity index (χ2n) is 5.75. The van der Waals surface area contributed by atoms with Crippen LogP contribution in [0.4, 0.5) is 0 Å². The normalized spacial score (nSPS) is 21.7. The van der Waals surface area contributed by atoms with Crippen LogP contribution in [0.2, 0.25) is 0 Å². The molecule has 0 unspecified atom stereocenters. The zero-order valence-electron chi connectivity index (χ0n) is 12.5. The number of amides is 1. The van der Waals surface area contributed by atoms with Gasteiger partial charge in [0, 0.05) is 6.04 Å². The third-order valence-corrected chi connectivity index (χ3v) is 4.87. The molecule has 0 aromatic carbocycles. The first-order valence-electron chi connectivity index (χ1n) is 7.59.